The maximum atomic E-state index is 11.5. The van der Waals surface area contributed by atoms with Crippen LogP contribution in [0, 0.1) is 0 Å². The van der Waals surface area contributed by atoms with Crippen LogP contribution < -0.4 is 10.2 Å². The smallest absolute Gasteiger partial charge is 0.257 e. The molecule has 2 aliphatic heterocycles. The van der Waals surface area contributed by atoms with Crippen LogP contribution in [-0.2, 0) is 4.79 Å². The SMILES string of the molecule is O=C1Nc2cc(N3CCCC3CCCO)ccc2C1O. The number of hydrogen-bond donors (Lipinski definition) is 3. The first kappa shape index (κ1) is 13.4. The van der Waals surface area contributed by atoms with E-state index in [4.69, 9.17) is 5.11 Å². The molecule has 5 heteroatoms. The molecule has 108 valence electrons. The average molecular weight is 276 g/mol. The zero-order valence-electron chi connectivity index (χ0n) is 11.4. The van der Waals surface area contributed by atoms with Crippen molar-refractivity contribution in [3.63, 3.8) is 0 Å². The van der Waals surface area contributed by atoms with Crippen molar-refractivity contribution in [1.29, 1.82) is 0 Å². The van der Waals surface area contributed by atoms with E-state index in [1.807, 2.05) is 18.2 Å². The second-order valence-electron chi connectivity index (χ2n) is 5.52. The molecule has 3 rings (SSSR count). The lowest BCUT2D eigenvalue weighted by atomic mass is 10.1. The van der Waals surface area contributed by atoms with E-state index in [1.54, 1.807) is 0 Å². The summed E-state index contributed by atoms with van der Waals surface area (Å²) >= 11 is 0. The Bertz CT molecular complexity index is 518. The van der Waals surface area contributed by atoms with Crippen molar-refractivity contribution in [2.75, 3.05) is 23.4 Å². The van der Waals surface area contributed by atoms with E-state index in [-0.39, 0.29) is 12.5 Å². The van der Waals surface area contributed by atoms with Crippen molar-refractivity contribution in [2.24, 2.45) is 0 Å². The van der Waals surface area contributed by atoms with Crippen molar-refractivity contribution in [3.8, 4) is 0 Å². The van der Waals surface area contributed by atoms with E-state index in [1.165, 1.54) is 0 Å². The van der Waals surface area contributed by atoms with Crippen LogP contribution in [-0.4, -0.2) is 35.3 Å². The number of hydrogen-bond acceptors (Lipinski definition) is 4. The van der Waals surface area contributed by atoms with Gasteiger partial charge in [-0.15, -0.1) is 0 Å². The summed E-state index contributed by atoms with van der Waals surface area (Å²) < 4.78 is 0. The minimum absolute atomic E-state index is 0.233. The topological polar surface area (TPSA) is 72.8 Å². The number of aliphatic hydroxyl groups excluding tert-OH is 2. The van der Waals surface area contributed by atoms with Gasteiger partial charge in [-0.05, 0) is 37.8 Å². The van der Waals surface area contributed by atoms with Crippen molar-refractivity contribution in [3.05, 3.63) is 23.8 Å². The van der Waals surface area contributed by atoms with Crippen molar-refractivity contribution in [1.82, 2.24) is 0 Å². The summed E-state index contributed by atoms with van der Waals surface area (Å²) in [4.78, 5) is 13.8. The first-order valence-corrected chi connectivity index (χ1v) is 7.21. The lowest BCUT2D eigenvalue weighted by Crippen LogP contribution is -2.29. The van der Waals surface area contributed by atoms with Crippen LogP contribution in [0.15, 0.2) is 18.2 Å². The average Bonchev–Trinajstić information content (AvgIpc) is 3.02. The van der Waals surface area contributed by atoms with E-state index < -0.39 is 6.10 Å². The van der Waals surface area contributed by atoms with Crippen LogP contribution in [0.3, 0.4) is 0 Å². The second-order valence-corrected chi connectivity index (χ2v) is 5.52. The van der Waals surface area contributed by atoms with E-state index >= 15 is 0 Å². The Labute approximate surface area is 118 Å². The fraction of sp³-hybridized carbons (Fsp3) is 0.533. The number of rotatable bonds is 4. The number of nitrogens with one attached hydrogen (secondary N) is 1. The molecule has 1 fully saturated rings. The van der Waals surface area contributed by atoms with Crippen LogP contribution in [0.4, 0.5) is 11.4 Å². The number of carbonyl (C=O) groups is 1. The first-order chi connectivity index (χ1) is 9.70. The zero-order chi connectivity index (χ0) is 14.1. The van der Waals surface area contributed by atoms with Gasteiger partial charge >= 0.3 is 0 Å². The van der Waals surface area contributed by atoms with E-state index in [0.717, 1.165) is 37.9 Å². The van der Waals surface area contributed by atoms with Crippen LogP contribution in [0.5, 0.6) is 0 Å². The van der Waals surface area contributed by atoms with Crippen LogP contribution in [0.1, 0.15) is 37.4 Å². The molecule has 0 spiro atoms. The number of aliphatic hydroxyl groups is 2. The normalized spacial score (nSPS) is 24.9. The molecule has 1 saturated heterocycles. The lowest BCUT2D eigenvalue weighted by Gasteiger charge is -2.27. The van der Waals surface area contributed by atoms with Crippen LogP contribution in [0.2, 0.25) is 0 Å². The Hall–Kier alpha value is -1.59. The van der Waals surface area contributed by atoms with Crippen molar-refractivity contribution < 1.29 is 15.0 Å². The monoisotopic (exact) mass is 276 g/mol. The fourth-order valence-corrected chi connectivity index (χ4v) is 3.21. The summed E-state index contributed by atoms with van der Waals surface area (Å²) in [6, 6.07) is 6.21. The van der Waals surface area contributed by atoms with Crippen molar-refractivity contribution >= 4 is 17.3 Å². The zero-order valence-corrected chi connectivity index (χ0v) is 11.4. The highest BCUT2D eigenvalue weighted by Crippen LogP contribution is 2.36. The van der Waals surface area contributed by atoms with Crippen molar-refractivity contribution in [2.45, 2.75) is 37.8 Å². The summed E-state index contributed by atoms with van der Waals surface area (Å²) in [5, 5.41) is 21.4. The van der Waals surface area contributed by atoms with Gasteiger partial charge < -0.3 is 20.4 Å². The Morgan fingerprint density at radius 2 is 2.25 bits per heavy atom. The second kappa shape index (κ2) is 5.42. The standard InChI is InChI=1S/C15H20N2O3/c18-8-2-4-10-3-1-7-17(10)11-5-6-12-13(9-11)16-15(20)14(12)19/h5-6,9-10,14,18-19H,1-4,7-8H2,(H,16,20). The first-order valence-electron chi connectivity index (χ1n) is 7.21. The van der Waals surface area contributed by atoms with Gasteiger partial charge in [0.25, 0.3) is 5.91 Å². The summed E-state index contributed by atoms with van der Waals surface area (Å²) in [6.45, 7) is 1.24. The maximum Gasteiger partial charge on any atom is 0.257 e. The van der Waals surface area contributed by atoms with Crippen LogP contribution in [0.25, 0.3) is 0 Å². The number of amides is 1. The van der Waals surface area contributed by atoms with E-state index in [2.05, 4.69) is 10.2 Å². The number of benzene rings is 1. The summed E-state index contributed by atoms with van der Waals surface area (Å²) in [5.74, 6) is -0.351. The maximum absolute atomic E-state index is 11.5. The van der Waals surface area contributed by atoms with Gasteiger partial charge in [-0.3, -0.25) is 4.79 Å². The molecule has 0 saturated carbocycles. The third-order valence-corrected chi connectivity index (χ3v) is 4.24. The largest absolute Gasteiger partial charge is 0.396 e. The lowest BCUT2D eigenvalue weighted by molar-refractivity contribution is -0.123. The van der Waals surface area contributed by atoms with E-state index in [9.17, 15) is 9.90 Å². The minimum Gasteiger partial charge on any atom is -0.396 e. The molecule has 2 atom stereocenters. The van der Waals surface area contributed by atoms with Gasteiger partial charge in [-0.25, -0.2) is 0 Å². The molecular formula is C15H20N2O3. The molecule has 2 aliphatic rings. The highest BCUT2D eigenvalue weighted by molar-refractivity contribution is 6.02. The predicted octanol–water partition coefficient (Wildman–Crippen LogP) is 1.41. The highest BCUT2D eigenvalue weighted by Gasteiger charge is 2.30. The number of nitrogens with zero attached hydrogens (tertiary/aromatic N) is 1. The predicted molar refractivity (Wildman–Crippen MR) is 76.7 cm³/mol. The molecule has 2 unspecified atom stereocenters. The Balaban J connectivity index is 1.81. The van der Waals surface area contributed by atoms with Gasteiger partial charge in [-0.2, -0.15) is 0 Å². The third-order valence-electron chi connectivity index (χ3n) is 4.24. The summed E-state index contributed by atoms with van der Waals surface area (Å²) in [5.41, 5.74) is 2.45. The number of carbonyl (C=O) groups excluding carboxylic acids is 1. The molecule has 1 aromatic rings. The third kappa shape index (κ3) is 2.27. The molecule has 20 heavy (non-hydrogen) atoms. The molecule has 3 N–H and O–H groups in total. The highest BCUT2D eigenvalue weighted by atomic mass is 16.3. The molecular weight excluding hydrogens is 256 g/mol. The minimum atomic E-state index is -1.04. The van der Waals surface area contributed by atoms with Gasteiger partial charge in [0.05, 0.1) is 0 Å². The molecule has 0 radical (unpaired) electrons. The Morgan fingerprint density at radius 3 is 3.05 bits per heavy atom. The summed E-state index contributed by atoms with van der Waals surface area (Å²) in [6.07, 6.45) is 3.07. The van der Waals surface area contributed by atoms with E-state index in [0.29, 0.717) is 17.3 Å². The van der Waals surface area contributed by atoms with Gasteiger partial charge in [0, 0.05) is 36.1 Å². The fourth-order valence-electron chi connectivity index (χ4n) is 3.21. The molecule has 2 heterocycles. The Morgan fingerprint density at radius 1 is 1.40 bits per heavy atom. The van der Waals surface area contributed by atoms with Gasteiger partial charge in [0.1, 0.15) is 0 Å². The molecule has 1 aromatic carbocycles. The summed E-state index contributed by atoms with van der Waals surface area (Å²) in [7, 11) is 0. The quantitative estimate of drug-likeness (QED) is 0.777. The van der Waals surface area contributed by atoms with Gasteiger partial charge in [-0.1, -0.05) is 6.07 Å². The van der Waals surface area contributed by atoms with Gasteiger partial charge in [0.2, 0.25) is 0 Å². The molecule has 5 nitrogen and oxygen atoms in total. The number of fused-ring (bicyclic) bond motifs is 1. The molecule has 1 amide bonds. The molecule has 0 bridgehead atoms. The number of anilines is 2. The van der Waals surface area contributed by atoms with Gasteiger partial charge in [0.15, 0.2) is 6.10 Å². The molecule has 0 aromatic heterocycles. The molecule has 0 aliphatic carbocycles. The Kier molecular flexibility index (Phi) is 3.63. The van der Waals surface area contributed by atoms with Crippen LogP contribution >= 0.6 is 0 Å².